The zero-order valence-electron chi connectivity index (χ0n) is 10.6. The van der Waals surface area contributed by atoms with Gasteiger partial charge in [0.25, 0.3) is 5.69 Å². The second kappa shape index (κ2) is 5.94. The third kappa shape index (κ3) is 3.06. The number of hydrogen-bond acceptors (Lipinski definition) is 4. The van der Waals surface area contributed by atoms with Crippen molar-refractivity contribution in [3.63, 3.8) is 0 Å². The van der Waals surface area contributed by atoms with Gasteiger partial charge >= 0.3 is 5.97 Å². The molecule has 19 heavy (non-hydrogen) atoms. The maximum absolute atomic E-state index is 11.4. The molecule has 102 valence electrons. The largest absolute Gasteiger partial charge is 0.478 e. The van der Waals surface area contributed by atoms with Gasteiger partial charge in [-0.3, -0.25) is 14.9 Å². The van der Waals surface area contributed by atoms with Crippen LogP contribution in [0, 0.1) is 10.1 Å². The van der Waals surface area contributed by atoms with Crippen molar-refractivity contribution in [2.45, 2.75) is 26.7 Å². The highest BCUT2D eigenvalue weighted by atomic mass is 16.6. The van der Waals surface area contributed by atoms with Crippen LogP contribution in [0.3, 0.4) is 0 Å². The van der Waals surface area contributed by atoms with Gasteiger partial charge in [-0.2, -0.15) is 0 Å². The first-order valence-corrected chi connectivity index (χ1v) is 5.75. The number of aromatic carboxylic acids is 1. The van der Waals surface area contributed by atoms with E-state index in [-0.39, 0.29) is 35.3 Å². The van der Waals surface area contributed by atoms with E-state index in [1.54, 1.807) is 13.8 Å². The van der Waals surface area contributed by atoms with Gasteiger partial charge in [-0.25, -0.2) is 4.79 Å². The molecule has 0 aliphatic carbocycles. The smallest absolute Gasteiger partial charge is 0.336 e. The van der Waals surface area contributed by atoms with E-state index in [1.807, 2.05) is 0 Å². The fraction of sp³-hybridized carbons (Fsp3) is 0.333. The van der Waals surface area contributed by atoms with Gasteiger partial charge < -0.3 is 10.4 Å². The lowest BCUT2D eigenvalue weighted by atomic mass is 10.0. The number of nitrogens with one attached hydrogen (secondary N) is 1. The summed E-state index contributed by atoms with van der Waals surface area (Å²) in [5.74, 6) is -1.58. The maximum Gasteiger partial charge on any atom is 0.336 e. The molecule has 0 fully saturated rings. The SMILES string of the molecule is CCC(=O)Nc1c([N+](=O)[O-])ccc(C(=O)O)c1CC. The predicted molar refractivity (Wildman–Crippen MR) is 68.4 cm³/mol. The van der Waals surface area contributed by atoms with Gasteiger partial charge in [0, 0.05) is 12.5 Å². The Bertz CT molecular complexity index is 539. The molecule has 0 atom stereocenters. The highest BCUT2D eigenvalue weighted by Crippen LogP contribution is 2.31. The number of carboxylic acids is 1. The quantitative estimate of drug-likeness (QED) is 0.627. The lowest BCUT2D eigenvalue weighted by molar-refractivity contribution is -0.384. The molecule has 1 amide bonds. The molecule has 0 bridgehead atoms. The number of nitro benzene ring substituents is 1. The van der Waals surface area contributed by atoms with Gasteiger partial charge in [0.2, 0.25) is 5.91 Å². The van der Waals surface area contributed by atoms with Crippen molar-refractivity contribution in [3.8, 4) is 0 Å². The Morgan fingerprint density at radius 2 is 2.00 bits per heavy atom. The summed E-state index contributed by atoms with van der Waals surface area (Å²) in [4.78, 5) is 32.8. The fourth-order valence-electron chi connectivity index (χ4n) is 1.72. The Labute approximate surface area is 109 Å². The molecule has 0 saturated heterocycles. The van der Waals surface area contributed by atoms with Crippen molar-refractivity contribution < 1.29 is 19.6 Å². The summed E-state index contributed by atoms with van der Waals surface area (Å²) >= 11 is 0. The van der Waals surface area contributed by atoms with Crippen molar-refractivity contribution in [1.29, 1.82) is 0 Å². The van der Waals surface area contributed by atoms with E-state index in [9.17, 15) is 19.7 Å². The van der Waals surface area contributed by atoms with E-state index >= 15 is 0 Å². The second-order valence-electron chi connectivity index (χ2n) is 3.80. The average Bonchev–Trinajstić information content (AvgIpc) is 2.37. The molecule has 0 aliphatic heterocycles. The number of anilines is 1. The summed E-state index contributed by atoms with van der Waals surface area (Å²) in [5, 5.41) is 22.4. The topological polar surface area (TPSA) is 110 Å². The van der Waals surface area contributed by atoms with Gasteiger partial charge in [-0.1, -0.05) is 13.8 Å². The van der Waals surface area contributed by atoms with Gasteiger partial charge in [0.05, 0.1) is 10.5 Å². The van der Waals surface area contributed by atoms with Crippen molar-refractivity contribution in [2.75, 3.05) is 5.32 Å². The molecular weight excluding hydrogens is 252 g/mol. The van der Waals surface area contributed by atoms with E-state index in [4.69, 9.17) is 5.11 Å². The minimum absolute atomic E-state index is 0.0285. The molecule has 0 heterocycles. The van der Waals surface area contributed by atoms with Crippen LogP contribution in [0.4, 0.5) is 11.4 Å². The molecule has 1 rings (SSSR count). The molecule has 7 heteroatoms. The van der Waals surface area contributed by atoms with Gasteiger partial charge in [-0.15, -0.1) is 0 Å². The Morgan fingerprint density at radius 3 is 2.42 bits per heavy atom. The number of amides is 1. The summed E-state index contributed by atoms with van der Waals surface area (Å²) in [7, 11) is 0. The van der Waals surface area contributed by atoms with Crippen molar-refractivity contribution in [2.24, 2.45) is 0 Å². The van der Waals surface area contributed by atoms with E-state index in [0.29, 0.717) is 0 Å². The number of nitrogens with zero attached hydrogens (tertiary/aromatic N) is 1. The number of carbonyl (C=O) groups is 2. The van der Waals surface area contributed by atoms with Crippen LogP contribution in [0.2, 0.25) is 0 Å². The minimum atomic E-state index is -1.18. The van der Waals surface area contributed by atoms with Crippen LogP contribution in [0.5, 0.6) is 0 Å². The molecule has 0 spiro atoms. The van der Waals surface area contributed by atoms with Crippen LogP contribution in [0.25, 0.3) is 0 Å². The lowest BCUT2D eigenvalue weighted by Gasteiger charge is -2.12. The highest BCUT2D eigenvalue weighted by molar-refractivity contribution is 5.98. The summed E-state index contributed by atoms with van der Waals surface area (Å²) < 4.78 is 0. The van der Waals surface area contributed by atoms with Crippen molar-refractivity contribution in [1.82, 2.24) is 0 Å². The second-order valence-corrected chi connectivity index (χ2v) is 3.80. The lowest BCUT2D eigenvalue weighted by Crippen LogP contribution is -2.15. The molecule has 0 radical (unpaired) electrons. The zero-order valence-corrected chi connectivity index (χ0v) is 10.6. The summed E-state index contributed by atoms with van der Waals surface area (Å²) in [6.45, 7) is 3.28. The monoisotopic (exact) mass is 266 g/mol. The predicted octanol–water partition coefficient (Wildman–Crippen LogP) is 2.20. The van der Waals surface area contributed by atoms with E-state index in [2.05, 4.69) is 5.32 Å². The van der Waals surface area contributed by atoms with Crippen LogP contribution >= 0.6 is 0 Å². The number of nitro groups is 1. The number of hydrogen-bond donors (Lipinski definition) is 2. The van der Waals surface area contributed by atoms with Crippen LogP contribution in [-0.4, -0.2) is 21.9 Å². The van der Waals surface area contributed by atoms with Gasteiger partial charge in [-0.05, 0) is 18.1 Å². The zero-order chi connectivity index (χ0) is 14.6. The van der Waals surface area contributed by atoms with E-state index in [1.165, 1.54) is 6.07 Å². The Morgan fingerprint density at radius 1 is 1.37 bits per heavy atom. The third-order valence-corrected chi connectivity index (χ3v) is 2.66. The molecular formula is C12H14N2O5. The number of benzene rings is 1. The summed E-state index contributed by atoms with van der Waals surface area (Å²) in [6.07, 6.45) is 0.417. The fourth-order valence-corrected chi connectivity index (χ4v) is 1.72. The molecule has 2 N–H and O–H groups in total. The molecule has 0 saturated carbocycles. The van der Waals surface area contributed by atoms with Crippen molar-refractivity contribution in [3.05, 3.63) is 33.4 Å². The third-order valence-electron chi connectivity index (χ3n) is 2.66. The van der Waals surface area contributed by atoms with E-state index in [0.717, 1.165) is 6.07 Å². The van der Waals surface area contributed by atoms with Crippen LogP contribution < -0.4 is 5.32 Å². The average molecular weight is 266 g/mol. The number of rotatable bonds is 5. The Kier molecular flexibility index (Phi) is 4.57. The molecule has 0 aromatic heterocycles. The Balaban J connectivity index is 3.49. The maximum atomic E-state index is 11.4. The van der Waals surface area contributed by atoms with Gasteiger partial charge in [0.15, 0.2) is 0 Å². The first kappa shape index (κ1) is 14.6. The Hall–Kier alpha value is -2.44. The number of carbonyl (C=O) groups excluding carboxylic acids is 1. The first-order chi connectivity index (χ1) is 8.92. The van der Waals surface area contributed by atoms with Crippen LogP contribution in [-0.2, 0) is 11.2 Å². The highest BCUT2D eigenvalue weighted by Gasteiger charge is 2.23. The molecule has 0 unspecified atom stereocenters. The van der Waals surface area contributed by atoms with Crippen LogP contribution in [0.15, 0.2) is 12.1 Å². The molecule has 7 nitrogen and oxygen atoms in total. The van der Waals surface area contributed by atoms with Gasteiger partial charge in [0.1, 0.15) is 5.69 Å². The molecule has 1 aromatic rings. The standard InChI is InChI=1S/C12H14N2O5/c1-3-7-8(12(16)17)5-6-9(14(18)19)11(7)13-10(15)4-2/h5-6H,3-4H2,1-2H3,(H,13,15)(H,16,17). The summed E-state index contributed by atoms with van der Waals surface area (Å²) in [6, 6.07) is 2.27. The minimum Gasteiger partial charge on any atom is -0.478 e. The number of carboxylic acid groups (broad SMARTS) is 1. The molecule has 0 aliphatic rings. The first-order valence-electron chi connectivity index (χ1n) is 5.75. The van der Waals surface area contributed by atoms with E-state index < -0.39 is 16.8 Å². The normalized spacial score (nSPS) is 10.0. The van der Waals surface area contributed by atoms with Crippen LogP contribution in [0.1, 0.15) is 36.2 Å². The van der Waals surface area contributed by atoms with Crippen molar-refractivity contribution >= 4 is 23.3 Å². The molecule has 1 aromatic carbocycles. The summed E-state index contributed by atoms with van der Waals surface area (Å²) in [5.41, 5.74) is -0.120.